The first-order chi connectivity index (χ1) is 10.2. The first kappa shape index (κ1) is 15.3. The first-order valence-corrected chi connectivity index (χ1v) is 7.13. The van der Waals surface area contributed by atoms with Crippen LogP contribution in [0.4, 0.5) is 0 Å². The molecule has 0 spiro atoms. The zero-order chi connectivity index (χ0) is 15.1. The van der Waals surface area contributed by atoms with Crippen molar-refractivity contribution in [3.63, 3.8) is 0 Å². The zero-order valence-electron chi connectivity index (χ0n) is 12.5. The standard InChI is InChI=1S/C18H21NO2/c1-14(12-15-6-4-3-5-7-15)19-13-16-8-10-17(11-9-16)18(20)21-2/h3-11,14,19H,12-13H2,1-2H3. The fourth-order valence-corrected chi connectivity index (χ4v) is 2.21. The Morgan fingerprint density at radius 1 is 1.05 bits per heavy atom. The Balaban J connectivity index is 1.84. The Bertz CT molecular complexity index is 564. The van der Waals surface area contributed by atoms with Crippen LogP contribution >= 0.6 is 0 Å². The highest BCUT2D eigenvalue weighted by atomic mass is 16.5. The second-order valence-corrected chi connectivity index (χ2v) is 5.16. The third-order valence-electron chi connectivity index (χ3n) is 3.41. The SMILES string of the molecule is COC(=O)c1ccc(CNC(C)Cc2ccccc2)cc1. The van der Waals surface area contributed by atoms with Gasteiger partial charge in [-0.05, 0) is 36.6 Å². The summed E-state index contributed by atoms with van der Waals surface area (Å²) in [6.45, 7) is 2.96. The Labute approximate surface area is 126 Å². The van der Waals surface area contributed by atoms with Crippen molar-refractivity contribution in [3.05, 3.63) is 71.3 Å². The van der Waals surface area contributed by atoms with Gasteiger partial charge in [-0.25, -0.2) is 4.79 Å². The van der Waals surface area contributed by atoms with Gasteiger partial charge in [0, 0.05) is 12.6 Å². The maximum atomic E-state index is 11.4. The van der Waals surface area contributed by atoms with Crippen molar-refractivity contribution >= 4 is 5.97 Å². The van der Waals surface area contributed by atoms with E-state index in [1.165, 1.54) is 12.7 Å². The molecule has 2 aromatic rings. The van der Waals surface area contributed by atoms with Gasteiger partial charge in [0.15, 0.2) is 0 Å². The molecule has 3 heteroatoms. The summed E-state index contributed by atoms with van der Waals surface area (Å²) in [6, 6.07) is 18.3. The molecule has 0 radical (unpaired) electrons. The molecule has 3 nitrogen and oxygen atoms in total. The lowest BCUT2D eigenvalue weighted by Crippen LogP contribution is -2.27. The zero-order valence-corrected chi connectivity index (χ0v) is 12.5. The predicted molar refractivity (Wildman–Crippen MR) is 84.2 cm³/mol. The highest BCUT2D eigenvalue weighted by Gasteiger charge is 2.06. The third kappa shape index (κ3) is 4.72. The number of methoxy groups -OCH3 is 1. The summed E-state index contributed by atoms with van der Waals surface area (Å²) in [6.07, 6.45) is 1.00. The van der Waals surface area contributed by atoms with Crippen LogP contribution in [-0.4, -0.2) is 19.1 Å². The monoisotopic (exact) mass is 283 g/mol. The first-order valence-electron chi connectivity index (χ1n) is 7.13. The molecule has 0 aromatic heterocycles. The maximum Gasteiger partial charge on any atom is 0.337 e. The van der Waals surface area contributed by atoms with Crippen molar-refractivity contribution < 1.29 is 9.53 Å². The van der Waals surface area contributed by atoms with Gasteiger partial charge in [-0.3, -0.25) is 0 Å². The molecule has 0 aliphatic heterocycles. The summed E-state index contributed by atoms with van der Waals surface area (Å²) < 4.78 is 4.69. The van der Waals surface area contributed by atoms with Crippen LogP contribution in [0.1, 0.15) is 28.4 Å². The number of esters is 1. The summed E-state index contributed by atoms with van der Waals surface area (Å²) in [5.41, 5.74) is 3.07. The molecule has 0 fully saturated rings. The van der Waals surface area contributed by atoms with Crippen LogP contribution in [0, 0.1) is 0 Å². The van der Waals surface area contributed by atoms with Crippen molar-refractivity contribution in [1.29, 1.82) is 0 Å². The van der Waals surface area contributed by atoms with Gasteiger partial charge in [-0.1, -0.05) is 42.5 Å². The quantitative estimate of drug-likeness (QED) is 0.827. The van der Waals surface area contributed by atoms with E-state index in [4.69, 9.17) is 0 Å². The van der Waals surface area contributed by atoms with Crippen LogP contribution in [0.2, 0.25) is 0 Å². The number of nitrogens with one attached hydrogen (secondary N) is 1. The molecule has 2 rings (SSSR count). The van der Waals surface area contributed by atoms with Crippen LogP contribution in [0.3, 0.4) is 0 Å². The fraction of sp³-hybridized carbons (Fsp3) is 0.278. The van der Waals surface area contributed by atoms with E-state index in [-0.39, 0.29) is 5.97 Å². The largest absolute Gasteiger partial charge is 0.465 e. The van der Waals surface area contributed by atoms with Gasteiger partial charge in [0.05, 0.1) is 12.7 Å². The molecule has 0 aliphatic rings. The van der Waals surface area contributed by atoms with Gasteiger partial charge in [0.2, 0.25) is 0 Å². The molecule has 0 aliphatic carbocycles. The number of ether oxygens (including phenoxy) is 1. The number of hydrogen-bond acceptors (Lipinski definition) is 3. The molecule has 0 bridgehead atoms. The smallest absolute Gasteiger partial charge is 0.337 e. The van der Waals surface area contributed by atoms with E-state index in [2.05, 4.69) is 41.2 Å². The van der Waals surface area contributed by atoms with Crippen molar-refractivity contribution in [1.82, 2.24) is 5.32 Å². The van der Waals surface area contributed by atoms with Gasteiger partial charge < -0.3 is 10.1 Å². The lowest BCUT2D eigenvalue weighted by atomic mass is 10.1. The number of hydrogen-bond donors (Lipinski definition) is 1. The van der Waals surface area contributed by atoms with Crippen molar-refractivity contribution in [2.24, 2.45) is 0 Å². The van der Waals surface area contributed by atoms with Gasteiger partial charge in [-0.15, -0.1) is 0 Å². The average molecular weight is 283 g/mol. The Kier molecular flexibility index (Phi) is 5.52. The van der Waals surface area contributed by atoms with Crippen LogP contribution in [0.15, 0.2) is 54.6 Å². The predicted octanol–water partition coefficient (Wildman–Crippen LogP) is 3.19. The summed E-state index contributed by atoms with van der Waals surface area (Å²) >= 11 is 0. The van der Waals surface area contributed by atoms with E-state index in [0.717, 1.165) is 18.5 Å². The third-order valence-corrected chi connectivity index (χ3v) is 3.41. The van der Waals surface area contributed by atoms with E-state index in [9.17, 15) is 4.79 Å². The molecule has 1 N–H and O–H groups in total. The van der Waals surface area contributed by atoms with E-state index >= 15 is 0 Å². The van der Waals surface area contributed by atoms with Gasteiger partial charge in [0.25, 0.3) is 0 Å². The van der Waals surface area contributed by atoms with Crippen LogP contribution in [0.5, 0.6) is 0 Å². The molecule has 0 heterocycles. The average Bonchev–Trinajstić information content (AvgIpc) is 2.53. The fourth-order valence-electron chi connectivity index (χ4n) is 2.21. The lowest BCUT2D eigenvalue weighted by molar-refractivity contribution is 0.0600. The minimum Gasteiger partial charge on any atom is -0.465 e. The van der Waals surface area contributed by atoms with E-state index in [1.807, 2.05) is 18.2 Å². The number of carbonyl (C=O) groups excluding carboxylic acids is 1. The minimum absolute atomic E-state index is 0.299. The lowest BCUT2D eigenvalue weighted by Gasteiger charge is -2.14. The second kappa shape index (κ2) is 7.60. The Morgan fingerprint density at radius 2 is 1.71 bits per heavy atom. The number of carbonyl (C=O) groups is 1. The van der Waals surface area contributed by atoms with Crippen LogP contribution < -0.4 is 5.32 Å². The minimum atomic E-state index is -0.299. The van der Waals surface area contributed by atoms with Crippen molar-refractivity contribution in [2.75, 3.05) is 7.11 Å². The molecule has 1 atom stereocenters. The second-order valence-electron chi connectivity index (χ2n) is 5.16. The molecule has 0 saturated carbocycles. The van der Waals surface area contributed by atoms with Crippen molar-refractivity contribution in [3.8, 4) is 0 Å². The molecule has 0 saturated heterocycles. The van der Waals surface area contributed by atoms with Gasteiger partial charge in [-0.2, -0.15) is 0 Å². The molecular formula is C18H21NO2. The number of benzene rings is 2. The molecule has 0 amide bonds. The van der Waals surface area contributed by atoms with E-state index in [1.54, 1.807) is 12.1 Å². The summed E-state index contributed by atoms with van der Waals surface area (Å²) in [5.74, 6) is -0.299. The van der Waals surface area contributed by atoms with E-state index in [0.29, 0.717) is 11.6 Å². The maximum absolute atomic E-state index is 11.4. The summed E-state index contributed by atoms with van der Waals surface area (Å²) in [4.78, 5) is 11.4. The van der Waals surface area contributed by atoms with Crippen LogP contribution in [-0.2, 0) is 17.7 Å². The number of rotatable bonds is 6. The Morgan fingerprint density at radius 3 is 2.33 bits per heavy atom. The summed E-state index contributed by atoms with van der Waals surface area (Å²) in [7, 11) is 1.39. The molecule has 1 unspecified atom stereocenters. The van der Waals surface area contributed by atoms with Crippen LogP contribution in [0.25, 0.3) is 0 Å². The Hall–Kier alpha value is -2.13. The molecule has 110 valence electrons. The molecule has 2 aromatic carbocycles. The highest BCUT2D eigenvalue weighted by Crippen LogP contribution is 2.07. The van der Waals surface area contributed by atoms with Gasteiger partial charge >= 0.3 is 5.97 Å². The molecule has 21 heavy (non-hydrogen) atoms. The molecular weight excluding hydrogens is 262 g/mol. The normalized spacial score (nSPS) is 11.9. The van der Waals surface area contributed by atoms with E-state index < -0.39 is 0 Å². The van der Waals surface area contributed by atoms with Crippen molar-refractivity contribution in [2.45, 2.75) is 25.9 Å². The topological polar surface area (TPSA) is 38.3 Å². The van der Waals surface area contributed by atoms with Gasteiger partial charge in [0.1, 0.15) is 0 Å². The summed E-state index contributed by atoms with van der Waals surface area (Å²) in [5, 5.41) is 3.49. The highest BCUT2D eigenvalue weighted by molar-refractivity contribution is 5.89.